The molecule has 3 atom stereocenters. The Balaban J connectivity index is 2.22. The maximum Gasteiger partial charge on any atom is 0.248 e. The molecule has 2 unspecified atom stereocenters. The summed E-state index contributed by atoms with van der Waals surface area (Å²) in [6, 6.07) is 0. The van der Waals surface area contributed by atoms with E-state index < -0.39 is 6.10 Å². The van der Waals surface area contributed by atoms with Gasteiger partial charge in [-0.1, -0.05) is 19.8 Å². The van der Waals surface area contributed by atoms with Gasteiger partial charge in [0, 0.05) is 6.54 Å². The van der Waals surface area contributed by atoms with Crippen LogP contribution < -0.4 is 5.32 Å². The Labute approximate surface area is 79.5 Å². The number of rotatable bonds is 3. The van der Waals surface area contributed by atoms with Crippen LogP contribution in [0.15, 0.2) is 0 Å². The molecule has 1 rings (SSSR count). The Hall–Kier alpha value is -0.570. The van der Waals surface area contributed by atoms with Crippen LogP contribution in [-0.2, 0) is 4.79 Å². The summed E-state index contributed by atoms with van der Waals surface area (Å²) in [7, 11) is 0. The minimum atomic E-state index is -0.878. The summed E-state index contributed by atoms with van der Waals surface area (Å²) in [4.78, 5) is 11.0. The Morgan fingerprint density at radius 1 is 1.62 bits per heavy atom. The highest BCUT2D eigenvalue weighted by atomic mass is 16.3. The van der Waals surface area contributed by atoms with Gasteiger partial charge in [-0.25, -0.2) is 0 Å². The second kappa shape index (κ2) is 4.61. The molecule has 0 aromatic rings. The summed E-state index contributed by atoms with van der Waals surface area (Å²) >= 11 is 0. The molecule has 1 amide bonds. The van der Waals surface area contributed by atoms with Crippen LogP contribution >= 0.6 is 0 Å². The van der Waals surface area contributed by atoms with Crippen LogP contribution in [0, 0.1) is 11.8 Å². The zero-order valence-electron chi connectivity index (χ0n) is 8.42. The summed E-state index contributed by atoms with van der Waals surface area (Å²) in [5.74, 6) is 1.08. The van der Waals surface area contributed by atoms with Gasteiger partial charge in [0.15, 0.2) is 0 Å². The van der Waals surface area contributed by atoms with Crippen molar-refractivity contribution in [3.05, 3.63) is 0 Å². The van der Waals surface area contributed by atoms with Gasteiger partial charge in [-0.15, -0.1) is 0 Å². The average Bonchev–Trinajstić information content (AvgIpc) is 2.47. The van der Waals surface area contributed by atoms with E-state index in [1.807, 2.05) is 0 Å². The van der Waals surface area contributed by atoms with E-state index in [1.54, 1.807) is 0 Å². The Morgan fingerprint density at radius 3 is 2.77 bits per heavy atom. The minimum Gasteiger partial charge on any atom is -0.384 e. The van der Waals surface area contributed by atoms with E-state index >= 15 is 0 Å². The van der Waals surface area contributed by atoms with Gasteiger partial charge in [0.25, 0.3) is 0 Å². The molecule has 3 heteroatoms. The van der Waals surface area contributed by atoms with Gasteiger partial charge < -0.3 is 10.4 Å². The van der Waals surface area contributed by atoms with E-state index in [9.17, 15) is 4.79 Å². The summed E-state index contributed by atoms with van der Waals surface area (Å²) in [6.07, 6.45) is 2.88. The number of carbonyl (C=O) groups is 1. The van der Waals surface area contributed by atoms with Crippen molar-refractivity contribution in [1.82, 2.24) is 5.32 Å². The fourth-order valence-corrected chi connectivity index (χ4v) is 1.90. The molecule has 0 aliphatic heterocycles. The van der Waals surface area contributed by atoms with Crippen LogP contribution in [0.5, 0.6) is 0 Å². The first-order valence-electron chi connectivity index (χ1n) is 5.07. The first-order chi connectivity index (χ1) is 6.11. The van der Waals surface area contributed by atoms with Gasteiger partial charge in [0.1, 0.15) is 6.10 Å². The van der Waals surface area contributed by atoms with Crippen molar-refractivity contribution in [2.24, 2.45) is 11.8 Å². The first-order valence-corrected chi connectivity index (χ1v) is 5.07. The first kappa shape index (κ1) is 10.5. The summed E-state index contributed by atoms with van der Waals surface area (Å²) in [5.41, 5.74) is 0. The third-order valence-electron chi connectivity index (χ3n) is 2.96. The van der Waals surface area contributed by atoms with Gasteiger partial charge in [0.05, 0.1) is 0 Å². The van der Waals surface area contributed by atoms with Crippen molar-refractivity contribution in [3.8, 4) is 0 Å². The SMILES string of the molecule is CC1CCCC1CNC(=O)[C@H](C)O. The highest BCUT2D eigenvalue weighted by molar-refractivity contribution is 5.79. The monoisotopic (exact) mass is 185 g/mol. The maximum atomic E-state index is 11.0. The standard InChI is InChI=1S/C10H19NO2/c1-7-4-3-5-9(7)6-11-10(13)8(2)12/h7-9,12H,3-6H2,1-2H3,(H,11,13)/t7?,8-,9?/m0/s1. The summed E-state index contributed by atoms with van der Waals surface area (Å²) in [6.45, 7) is 4.45. The van der Waals surface area contributed by atoms with E-state index in [0.717, 1.165) is 6.54 Å². The molecule has 0 heterocycles. The fourth-order valence-electron chi connectivity index (χ4n) is 1.90. The largest absolute Gasteiger partial charge is 0.384 e. The molecule has 13 heavy (non-hydrogen) atoms. The van der Waals surface area contributed by atoms with Crippen molar-refractivity contribution in [2.45, 2.75) is 39.2 Å². The van der Waals surface area contributed by atoms with Crippen LogP contribution in [0.1, 0.15) is 33.1 Å². The predicted octanol–water partition coefficient (Wildman–Crippen LogP) is 0.920. The van der Waals surface area contributed by atoms with Gasteiger partial charge >= 0.3 is 0 Å². The molecule has 1 fully saturated rings. The highest BCUT2D eigenvalue weighted by Crippen LogP contribution is 2.30. The lowest BCUT2D eigenvalue weighted by molar-refractivity contribution is -0.128. The van der Waals surface area contributed by atoms with Crippen molar-refractivity contribution in [2.75, 3.05) is 6.54 Å². The lowest BCUT2D eigenvalue weighted by Gasteiger charge is -2.16. The van der Waals surface area contributed by atoms with Crippen molar-refractivity contribution < 1.29 is 9.90 Å². The van der Waals surface area contributed by atoms with Gasteiger partial charge in [-0.3, -0.25) is 4.79 Å². The lowest BCUT2D eigenvalue weighted by Crippen LogP contribution is -2.36. The normalized spacial score (nSPS) is 30.1. The molecule has 3 nitrogen and oxygen atoms in total. The number of aliphatic hydroxyl groups excluding tert-OH is 1. The molecule has 0 spiro atoms. The van der Waals surface area contributed by atoms with Crippen LogP contribution in [0.2, 0.25) is 0 Å². The highest BCUT2D eigenvalue weighted by Gasteiger charge is 2.23. The topological polar surface area (TPSA) is 49.3 Å². The molecule has 0 bridgehead atoms. The molecule has 2 N–H and O–H groups in total. The molecule has 0 saturated heterocycles. The summed E-state index contributed by atoms with van der Waals surface area (Å²) in [5, 5.41) is 11.7. The van der Waals surface area contributed by atoms with E-state index in [0.29, 0.717) is 11.8 Å². The smallest absolute Gasteiger partial charge is 0.248 e. The number of hydrogen-bond acceptors (Lipinski definition) is 2. The van der Waals surface area contributed by atoms with Crippen LogP contribution in [0.25, 0.3) is 0 Å². The van der Waals surface area contributed by atoms with Gasteiger partial charge in [0.2, 0.25) is 5.91 Å². The quantitative estimate of drug-likeness (QED) is 0.687. The van der Waals surface area contributed by atoms with Gasteiger partial charge in [-0.2, -0.15) is 0 Å². The molecule has 1 aliphatic rings. The van der Waals surface area contributed by atoms with E-state index in [2.05, 4.69) is 12.2 Å². The number of nitrogens with one attached hydrogen (secondary N) is 1. The van der Waals surface area contributed by atoms with E-state index in [-0.39, 0.29) is 5.91 Å². The second-order valence-electron chi connectivity index (χ2n) is 4.09. The zero-order valence-corrected chi connectivity index (χ0v) is 8.42. The number of aliphatic hydroxyl groups is 1. The molecule has 0 radical (unpaired) electrons. The zero-order chi connectivity index (χ0) is 9.84. The van der Waals surface area contributed by atoms with E-state index in [1.165, 1.54) is 26.2 Å². The molecule has 76 valence electrons. The third kappa shape index (κ3) is 2.99. The number of amides is 1. The number of carbonyl (C=O) groups excluding carboxylic acids is 1. The molecule has 0 aromatic heterocycles. The molecule has 0 aromatic carbocycles. The molecule has 1 aliphatic carbocycles. The second-order valence-corrected chi connectivity index (χ2v) is 4.09. The Morgan fingerprint density at radius 2 is 2.31 bits per heavy atom. The Bertz CT molecular complexity index is 180. The Kier molecular flexibility index (Phi) is 3.72. The predicted molar refractivity (Wildman–Crippen MR) is 51.2 cm³/mol. The molecular formula is C10H19NO2. The molecule has 1 saturated carbocycles. The van der Waals surface area contributed by atoms with Crippen LogP contribution in [0.3, 0.4) is 0 Å². The van der Waals surface area contributed by atoms with Crippen molar-refractivity contribution in [1.29, 1.82) is 0 Å². The van der Waals surface area contributed by atoms with E-state index in [4.69, 9.17) is 5.11 Å². The minimum absolute atomic E-state index is 0.251. The van der Waals surface area contributed by atoms with Crippen LogP contribution in [-0.4, -0.2) is 23.7 Å². The van der Waals surface area contributed by atoms with Gasteiger partial charge in [-0.05, 0) is 25.2 Å². The molecular weight excluding hydrogens is 166 g/mol. The van der Waals surface area contributed by atoms with Crippen LogP contribution in [0.4, 0.5) is 0 Å². The maximum absolute atomic E-state index is 11.0. The van der Waals surface area contributed by atoms with Crippen molar-refractivity contribution in [3.63, 3.8) is 0 Å². The fraction of sp³-hybridized carbons (Fsp3) is 0.900. The summed E-state index contributed by atoms with van der Waals surface area (Å²) < 4.78 is 0. The lowest BCUT2D eigenvalue weighted by atomic mass is 9.98. The average molecular weight is 185 g/mol. The van der Waals surface area contributed by atoms with Crippen molar-refractivity contribution >= 4 is 5.91 Å². The third-order valence-corrected chi connectivity index (χ3v) is 2.96. The number of hydrogen-bond donors (Lipinski definition) is 2.